The predicted octanol–water partition coefficient (Wildman–Crippen LogP) is 3.93. The van der Waals surface area contributed by atoms with Crippen molar-refractivity contribution in [1.29, 1.82) is 0 Å². The molecule has 0 aliphatic carbocycles. The van der Waals surface area contributed by atoms with E-state index in [9.17, 15) is 8.42 Å². The van der Waals surface area contributed by atoms with Gasteiger partial charge in [0.25, 0.3) is 0 Å². The van der Waals surface area contributed by atoms with Crippen LogP contribution in [0.5, 0.6) is 0 Å². The van der Waals surface area contributed by atoms with Gasteiger partial charge in [-0.2, -0.15) is 12.6 Å². The largest absolute Gasteiger partial charge is 0.224 e. The van der Waals surface area contributed by atoms with Gasteiger partial charge in [0.05, 0.1) is 10.6 Å². The number of sulfone groups is 1. The molecule has 0 heterocycles. The van der Waals surface area contributed by atoms with Gasteiger partial charge in [-0.15, -0.1) is 0 Å². The zero-order valence-corrected chi connectivity index (χ0v) is 13.6. The molecule has 20 heavy (non-hydrogen) atoms. The van der Waals surface area contributed by atoms with Crippen molar-refractivity contribution in [2.75, 3.05) is 5.75 Å². The number of benzene rings is 2. The van der Waals surface area contributed by atoms with Crippen LogP contribution in [0.1, 0.15) is 6.92 Å². The lowest BCUT2D eigenvalue weighted by atomic mass is 10.4. The highest BCUT2D eigenvalue weighted by Gasteiger charge is 2.16. The lowest BCUT2D eigenvalue weighted by molar-refractivity contribution is 0.595. The first-order valence-corrected chi connectivity index (χ1v) is 9.20. The van der Waals surface area contributed by atoms with E-state index in [1.165, 1.54) is 0 Å². The van der Waals surface area contributed by atoms with E-state index in [2.05, 4.69) is 12.6 Å². The molecule has 2 nitrogen and oxygen atoms in total. The maximum absolute atomic E-state index is 12.1. The Bertz CT molecular complexity index is 647. The van der Waals surface area contributed by atoms with Crippen LogP contribution < -0.4 is 0 Å². The van der Waals surface area contributed by atoms with Gasteiger partial charge in [-0.05, 0) is 36.4 Å². The molecule has 0 bridgehead atoms. The minimum Gasteiger partial charge on any atom is -0.224 e. The van der Waals surface area contributed by atoms with Crippen molar-refractivity contribution in [2.24, 2.45) is 0 Å². The zero-order chi connectivity index (χ0) is 14.6. The Balaban J connectivity index is 2.14. The van der Waals surface area contributed by atoms with E-state index in [4.69, 9.17) is 0 Å². The van der Waals surface area contributed by atoms with Gasteiger partial charge in [-0.25, -0.2) is 8.42 Å². The van der Waals surface area contributed by atoms with Crippen LogP contribution >= 0.6 is 24.4 Å². The molecule has 0 aliphatic heterocycles. The van der Waals surface area contributed by atoms with Crippen LogP contribution in [0.25, 0.3) is 0 Å². The fourth-order valence-electron chi connectivity index (χ4n) is 1.75. The van der Waals surface area contributed by atoms with E-state index in [0.29, 0.717) is 4.90 Å². The summed E-state index contributed by atoms with van der Waals surface area (Å²) < 4.78 is 24.1. The lowest BCUT2D eigenvalue weighted by Crippen LogP contribution is -2.13. The van der Waals surface area contributed by atoms with Gasteiger partial charge in [0, 0.05) is 15.0 Å². The van der Waals surface area contributed by atoms with Crippen LogP contribution in [0.2, 0.25) is 0 Å². The Labute approximate surface area is 129 Å². The Hall–Kier alpha value is -0.910. The van der Waals surface area contributed by atoms with Crippen molar-refractivity contribution in [3.05, 3.63) is 54.6 Å². The monoisotopic (exact) mass is 324 g/mol. The fraction of sp³-hybridized carbons (Fsp3) is 0.200. The average molecular weight is 324 g/mol. The minimum atomic E-state index is -3.23. The second-order valence-corrected chi connectivity index (χ2v) is 8.58. The fourth-order valence-corrected chi connectivity index (χ4v) is 4.56. The van der Waals surface area contributed by atoms with Crippen molar-refractivity contribution >= 4 is 34.2 Å². The van der Waals surface area contributed by atoms with E-state index >= 15 is 0 Å². The number of thiol groups is 1. The summed E-state index contributed by atoms with van der Waals surface area (Å²) in [6.07, 6.45) is 0. The molecule has 0 amide bonds. The van der Waals surface area contributed by atoms with Gasteiger partial charge in [0.15, 0.2) is 9.84 Å². The molecular weight excluding hydrogens is 308 g/mol. The van der Waals surface area contributed by atoms with E-state index in [0.717, 1.165) is 9.79 Å². The first-order valence-electron chi connectivity index (χ1n) is 6.21. The van der Waals surface area contributed by atoms with Crippen molar-refractivity contribution in [1.82, 2.24) is 0 Å². The summed E-state index contributed by atoms with van der Waals surface area (Å²) >= 11 is 5.76. The normalized spacial score (nSPS) is 13.1. The summed E-state index contributed by atoms with van der Waals surface area (Å²) in [4.78, 5) is 2.51. The van der Waals surface area contributed by atoms with Crippen LogP contribution in [0.15, 0.2) is 69.3 Å². The molecular formula is C15H16O2S3. The Morgan fingerprint density at radius 1 is 1.00 bits per heavy atom. The smallest absolute Gasteiger partial charge is 0.179 e. The van der Waals surface area contributed by atoms with Crippen LogP contribution in [0, 0.1) is 0 Å². The lowest BCUT2D eigenvalue weighted by Gasteiger charge is -2.07. The topological polar surface area (TPSA) is 34.1 Å². The third-order valence-electron chi connectivity index (χ3n) is 2.62. The summed E-state index contributed by atoms with van der Waals surface area (Å²) in [5.41, 5.74) is 0. The van der Waals surface area contributed by atoms with Crippen molar-refractivity contribution in [2.45, 2.75) is 26.9 Å². The molecule has 106 valence electrons. The van der Waals surface area contributed by atoms with Crippen LogP contribution in [-0.2, 0) is 9.84 Å². The quantitative estimate of drug-likeness (QED) is 0.846. The molecule has 0 aliphatic rings. The van der Waals surface area contributed by atoms with Crippen LogP contribution in [0.3, 0.4) is 0 Å². The molecule has 0 radical (unpaired) electrons. The second kappa shape index (κ2) is 6.70. The molecule has 1 unspecified atom stereocenters. The number of hydrogen-bond acceptors (Lipinski definition) is 4. The van der Waals surface area contributed by atoms with E-state index < -0.39 is 9.84 Å². The first kappa shape index (κ1) is 15.5. The molecule has 0 N–H and O–H groups in total. The molecule has 0 spiro atoms. The highest BCUT2D eigenvalue weighted by Crippen LogP contribution is 2.28. The maximum Gasteiger partial charge on any atom is 0.179 e. The molecule has 2 aromatic carbocycles. The molecule has 2 aromatic rings. The Morgan fingerprint density at radius 2 is 1.55 bits per heavy atom. The molecule has 5 heteroatoms. The average Bonchev–Trinajstić information content (AvgIpc) is 2.39. The molecule has 1 atom stereocenters. The van der Waals surface area contributed by atoms with E-state index in [1.54, 1.807) is 30.8 Å². The van der Waals surface area contributed by atoms with Crippen molar-refractivity contribution in [3.63, 3.8) is 0 Å². The standard InChI is InChI=1S/C15H16O2S3/c1-12(18)11-20(16,17)15-9-7-14(8-10-15)19-13-5-3-2-4-6-13/h2-10,12,18H,11H2,1H3. The molecule has 0 aromatic heterocycles. The van der Waals surface area contributed by atoms with Crippen LogP contribution in [0.4, 0.5) is 0 Å². The first-order chi connectivity index (χ1) is 9.47. The predicted molar refractivity (Wildman–Crippen MR) is 87.5 cm³/mol. The molecule has 0 saturated carbocycles. The number of hydrogen-bond donors (Lipinski definition) is 1. The highest BCUT2D eigenvalue weighted by atomic mass is 32.2. The summed E-state index contributed by atoms with van der Waals surface area (Å²) in [5.74, 6) is 0.0568. The molecule has 0 saturated heterocycles. The second-order valence-electron chi connectivity index (χ2n) is 4.52. The van der Waals surface area contributed by atoms with Gasteiger partial charge in [-0.3, -0.25) is 0 Å². The van der Waals surface area contributed by atoms with Gasteiger partial charge >= 0.3 is 0 Å². The van der Waals surface area contributed by atoms with Gasteiger partial charge in [0.1, 0.15) is 0 Å². The van der Waals surface area contributed by atoms with E-state index in [1.807, 2.05) is 42.5 Å². The zero-order valence-electron chi connectivity index (χ0n) is 11.1. The van der Waals surface area contributed by atoms with Gasteiger partial charge < -0.3 is 0 Å². The third kappa shape index (κ3) is 4.30. The van der Waals surface area contributed by atoms with Crippen LogP contribution in [-0.4, -0.2) is 19.4 Å². The molecule has 2 rings (SSSR count). The molecule has 0 fully saturated rings. The van der Waals surface area contributed by atoms with E-state index in [-0.39, 0.29) is 11.0 Å². The van der Waals surface area contributed by atoms with Crippen molar-refractivity contribution in [3.8, 4) is 0 Å². The Morgan fingerprint density at radius 3 is 2.10 bits per heavy atom. The SMILES string of the molecule is CC(S)CS(=O)(=O)c1ccc(Sc2ccccc2)cc1. The minimum absolute atomic E-state index is 0.0568. The maximum atomic E-state index is 12.1. The summed E-state index contributed by atoms with van der Waals surface area (Å²) in [7, 11) is -3.23. The van der Waals surface area contributed by atoms with Crippen molar-refractivity contribution < 1.29 is 8.42 Å². The summed E-state index contributed by atoms with van der Waals surface area (Å²) in [6, 6.07) is 17.0. The number of rotatable bonds is 5. The Kier molecular flexibility index (Phi) is 5.18. The van der Waals surface area contributed by atoms with Gasteiger partial charge in [0.2, 0.25) is 0 Å². The third-order valence-corrected chi connectivity index (χ3v) is 6.00. The summed E-state index contributed by atoms with van der Waals surface area (Å²) in [5, 5.41) is -0.168. The van der Waals surface area contributed by atoms with Gasteiger partial charge in [-0.1, -0.05) is 36.9 Å². The highest BCUT2D eigenvalue weighted by molar-refractivity contribution is 7.99. The summed E-state index contributed by atoms with van der Waals surface area (Å²) in [6.45, 7) is 1.78.